The van der Waals surface area contributed by atoms with Crippen molar-refractivity contribution in [1.82, 2.24) is 9.80 Å². The molecule has 1 unspecified atom stereocenters. The van der Waals surface area contributed by atoms with Crippen LogP contribution in [0, 0.1) is 18.4 Å². The Balaban J connectivity index is 1.31. The molecule has 8 heteroatoms. The number of ether oxygens (including phenoxy) is 1. The molecular weight excluding hydrogens is 500 g/mol. The van der Waals surface area contributed by atoms with Gasteiger partial charge in [-0.3, -0.25) is 0 Å². The molecule has 0 bridgehead atoms. The van der Waals surface area contributed by atoms with Gasteiger partial charge in [0.15, 0.2) is 0 Å². The van der Waals surface area contributed by atoms with Crippen molar-refractivity contribution in [3.05, 3.63) is 120 Å². The van der Waals surface area contributed by atoms with Crippen molar-refractivity contribution >= 4 is 23.4 Å². The van der Waals surface area contributed by atoms with Crippen molar-refractivity contribution in [3.63, 3.8) is 0 Å². The van der Waals surface area contributed by atoms with Crippen LogP contribution in [-0.2, 0) is 0 Å². The van der Waals surface area contributed by atoms with Crippen molar-refractivity contribution in [2.24, 2.45) is 4.99 Å². The lowest BCUT2D eigenvalue weighted by molar-refractivity contribution is 0.136. The minimum Gasteiger partial charge on any atom is -0.457 e. The lowest BCUT2D eigenvalue weighted by Crippen LogP contribution is -2.54. The summed E-state index contributed by atoms with van der Waals surface area (Å²) in [4.78, 5) is 21.5. The maximum atomic E-state index is 13.5. The Hall–Kier alpha value is -5.29. The van der Waals surface area contributed by atoms with Crippen LogP contribution in [0.25, 0.3) is 0 Å². The van der Waals surface area contributed by atoms with E-state index in [-0.39, 0.29) is 12.1 Å². The normalized spacial score (nSPS) is 15.2. The highest BCUT2D eigenvalue weighted by atomic mass is 16.5. The molecule has 0 saturated carbocycles. The van der Waals surface area contributed by atoms with Gasteiger partial charge in [0.1, 0.15) is 11.5 Å². The van der Waals surface area contributed by atoms with E-state index in [1.165, 1.54) is 0 Å². The Labute approximate surface area is 234 Å². The summed E-state index contributed by atoms with van der Waals surface area (Å²) in [5.74, 6) is 1.90. The minimum atomic E-state index is -0.252. The third-order valence-corrected chi connectivity index (χ3v) is 6.76. The van der Waals surface area contributed by atoms with Crippen LogP contribution >= 0.6 is 0 Å². The molecule has 4 aromatic carbocycles. The number of amides is 2. The fraction of sp³-hybridized carbons (Fsp3) is 0.156. The number of nitrogens with one attached hydrogen (secondary N) is 2. The molecule has 1 heterocycles. The van der Waals surface area contributed by atoms with Crippen LogP contribution in [0.3, 0.4) is 0 Å². The summed E-state index contributed by atoms with van der Waals surface area (Å²) in [7, 11) is 0. The van der Waals surface area contributed by atoms with E-state index in [0.717, 1.165) is 22.6 Å². The zero-order chi connectivity index (χ0) is 27.7. The first-order valence-corrected chi connectivity index (χ1v) is 13.1. The predicted molar refractivity (Wildman–Crippen MR) is 157 cm³/mol. The summed E-state index contributed by atoms with van der Waals surface area (Å²) in [5, 5.41) is 15.8. The minimum absolute atomic E-state index is 0.198. The maximum Gasteiger partial charge on any atom is 0.322 e. The van der Waals surface area contributed by atoms with Crippen LogP contribution in [0.4, 0.5) is 16.2 Å². The topological polar surface area (TPSA) is 93.0 Å². The Morgan fingerprint density at radius 3 is 2.20 bits per heavy atom. The Morgan fingerprint density at radius 2 is 1.50 bits per heavy atom. The highest BCUT2D eigenvalue weighted by molar-refractivity contribution is 5.95. The van der Waals surface area contributed by atoms with Crippen LogP contribution in [-0.4, -0.2) is 41.4 Å². The number of carbonyl (C=O) groups excluding carboxylic acids is 1. The number of urea groups is 1. The van der Waals surface area contributed by atoms with Gasteiger partial charge in [-0.1, -0.05) is 66.7 Å². The van der Waals surface area contributed by atoms with E-state index in [9.17, 15) is 10.1 Å². The molecule has 0 aliphatic carbocycles. The number of carbonyl (C=O) groups is 1. The molecule has 4 aromatic rings. The van der Waals surface area contributed by atoms with Crippen LogP contribution in [0.1, 0.15) is 17.2 Å². The predicted octanol–water partition coefficient (Wildman–Crippen LogP) is 6.63. The average molecular weight is 531 g/mol. The van der Waals surface area contributed by atoms with Crippen LogP contribution in [0.2, 0.25) is 0 Å². The van der Waals surface area contributed by atoms with E-state index < -0.39 is 0 Å². The number of nitriles is 1. The molecule has 2 N–H and O–H groups in total. The number of nitrogens with zero attached hydrogens (tertiary/aromatic N) is 4. The van der Waals surface area contributed by atoms with Gasteiger partial charge < -0.3 is 25.2 Å². The van der Waals surface area contributed by atoms with Crippen molar-refractivity contribution in [2.45, 2.75) is 13.0 Å². The number of guanidine groups is 1. The van der Waals surface area contributed by atoms with Crippen molar-refractivity contribution < 1.29 is 9.53 Å². The molecule has 1 atom stereocenters. The number of rotatable bonds is 5. The molecule has 0 spiro atoms. The molecule has 5 rings (SSSR count). The molecule has 0 aromatic heterocycles. The number of hydrogen-bond acceptors (Lipinski definition) is 4. The molecule has 2 amide bonds. The molecule has 200 valence electrons. The standard InChI is InChI=1S/C32H30N6O2/c1-24-10-8-9-15-29(24)36-31(34-23-33)37-20-21-38(30(22-37)25-11-4-2-5-12-25)32(39)35-26-16-18-28(19-17-26)40-27-13-6-3-7-14-27/h2-19,30H,20-22H2,1H3,(H,34,36)(H,35,39). The van der Waals surface area contributed by atoms with Crippen molar-refractivity contribution in [1.29, 1.82) is 5.26 Å². The molecule has 0 radical (unpaired) electrons. The fourth-order valence-electron chi connectivity index (χ4n) is 4.66. The zero-order valence-electron chi connectivity index (χ0n) is 22.2. The van der Waals surface area contributed by atoms with Gasteiger partial charge >= 0.3 is 6.03 Å². The number of para-hydroxylation sites is 2. The number of aliphatic imine (C=N–C) groups is 1. The molecule has 1 saturated heterocycles. The van der Waals surface area contributed by atoms with E-state index >= 15 is 0 Å². The lowest BCUT2D eigenvalue weighted by Gasteiger charge is -2.42. The number of anilines is 2. The van der Waals surface area contributed by atoms with Crippen LogP contribution < -0.4 is 15.4 Å². The lowest BCUT2D eigenvalue weighted by atomic mass is 10.0. The third kappa shape index (κ3) is 6.40. The van der Waals surface area contributed by atoms with E-state index in [1.54, 1.807) is 0 Å². The summed E-state index contributed by atoms with van der Waals surface area (Å²) < 4.78 is 5.86. The zero-order valence-corrected chi connectivity index (χ0v) is 22.2. The highest BCUT2D eigenvalue weighted by Crippen LogP contribution is 2.28. The molecule has 1 aliphatic rings. The van der Waals surface area contributed by atoms with E-state index in [1.807, 2.05) is 132 Å². The van der Waals surface area contributed by atoms with Crippen LogP contribution in [0.5, 0.6) is 11.5 Å². The van der Waals surface area contributed by atoms with Crippen molar-refractivity contribution in [3.8, 4) is 17.7 Å². The Bertz CT molecular complexity index is 1500. The number of aryl methyl sites for hydroxylation is 1. The molecule has 1 fully saturated rings. The molecule has 1 aliphatic heterocycles. The van der Waals surface area contributed by atoms with Gasteiger partial charge in [0.2, 0.25) is 12.2 Å². The number of hydrogen-bond donors (Lipinski definition) is 2. The largest absolute Gasteiger partial charge is 0.457 e. The molecule has 8 nitrogen and oxygen atoms in total. The molecular formula is C32H30N6O2. The monoisotopic (exact) mass is 530 g/mol. The summed E-state index contributed by atoms with van der Waals surface area (Å²) in [5.41, 5.74) is 3.60. The summed E-state index contributed by atoms with van der Waals surface area (Å²) in [6, 6.07) is 34.2. The van der Waals surface area contributed by atoms with Gasteiger partial charge in [0.25, 0.3) is 0 Å². The first kappa shape index (κ1) is 26.3. The highest BCUT2D eigenvalue weighted by Gasteiger charge is 2.33. The quantitative estimate of drug-likeness (QED) is 0.172. The second kappa shape index (κ2) is 12.5. The SMILES string of the molecule is Cc1ccccc1N/C(=N/C#N)N1CCN(C(=O)Nc2ccc(Oc3ccccc3)cc2)C(c2ccccc2)C1. The fourth-order valence-corrected chi connectivity index (χ4v) is 4.66. The number of benzene rings is 4. The summed E-state index contributed by atoms with van der Waals surface area (Å²) >= 11 is 0. The second-order valence-corrected chi connectivity index (χ2v) is 9.41. The average Bonchev–Trinajstić information content (AvgIpc) is 2.99. The van der Waals surface area contributed by atoms with E-state index in [2.05, 4.69) is 15.6 Å². The van der Waals surface area contributed by atoms with Gasteiger partial charge in [0, 0.05) is 31.0 Å². The Kier molecular flexibility index (Phi) is 8.23. The van der Waals surface area contributed by atoms with Gasteiger partial charge in [-0.05, 0) is 60.5 Å². The van der Waals surface area contributed by atoms with Gasteiger partial charge in [0.05, 0.1) is 6.04 Å². The van der Waals surface area contributed by atoms with Gasteiger partial charge in [-0.25, -0.2) is 4.79 Å². The van der Waals surface area contributed by atoms with E-state index in [4.69, 9.17) is 4.74 Å². The Morgan fingerprint density at radius 1 is 0.850 bits per heavy atom. The van der Waals surface area contributed by atoms with Gasteiger partial charge in [-0.2, -0.15) is 5.26 Å². The van der Waals surface area contributed by atoms with Gasteiger partial charge in [-0.15, -0.1) is 4.99 Å². The van der Waals surface area contributed by atoms with Crippen molar-refractivity contribution in [2.75, 3.05) is 30.3 Å². The van der Waals surface area contributed by atoms with E-state index in [0.29, 0.717) is 37.0 Å². The summed E-state index contributed by atoms with van der Waals surface area (Å²) in [6.07, 6.45) is 1.93. The smallest absolute Gasteiger partial charge is 0.322 e. The maximum absolute atomic E-state index is 13.5. The summed E-state index contributed by atoms with van der Waals surface area (Å²) in [6.45, 7) is 3.43. The number of piperazine rings is 1. The van der Waals surface area contributed by atoms with Crippen LogP contribution in [0.15, 0.2) is 114 Å². The first-order chi connectivity index (χ1) is 19.6. The first-order valence-electron chi connectivity index (χ1n) is 13.1. The molecule has 40 heavy (non-hydrogen) atoms. The third-order valence-electron chi connectivity index (χ3n) is 6.76. The second-order valence-electron chi connectivity index (χ2n) is 9.41.